The number of carboxylic acids is 1. The summed E-state index contributed by atoms with van der Waals surface area (Å²) in [5.74, 6) is -1.17. The highest BCUT2D eigenvalue weighted by molar-refractivity contribution is 7.63. The zero-order valence-electron chi connectivity index (χ0n) is 23.0. The van der Waals surface area contributed by atoms with Gasteiger partial charge in [-0.25, -0.2) is 28.6 Å². The van der Waals surface area contributed by atoms with Crippen LogP contribution in [0.15, 0.2) is 43.0 Å². The lowest BCUT2D eigenvalue weighted by Gasteiger charge is -2.22. The fraction of sp³-hybridized carbons (Fsp3) is 0.435. The van der Waals surface area contributed by atoms with Gasteiger partial charge in [-0.1, -0.05) is 30.3 Å². The van der Waals surface area contributed by atoms with E-state index in [1.165, 1.54) is 17.2 Å². The van der Waals surface area contributed by atoms with Gasteiger partial charge in [0, 0.05) is 12.1 Å². The van der Waals surface area contributed by atoms with Crippen LogP contribution in [-0.2, 0) is 37.0 Å². The Hall–Kier alpha value is -3.35. The van der Waals surface area contributed by atoms with Gasteiger partial charge in [-0.15, -0.1) is 0 Å². The fourth-order valence-corrected chi connectivity index (χ4v) is 7.03. The molecule has 2 aromatic heterocycles. The van der Waals surface area contributed by atoms with E-state index in [0.717, 1.165) is 0 Å². The molecule has 21 heteroatoms. The highest BCUT2D eigenvalue weighted by atomic mass is 31.3. The summed E-state index contributed by atoms with van der Waals surface area (Å²) in [4.78, 5) is 55.5. The Balaban J connectivity index is 1.36. The quantitative estimate of drug-likeness (QED) is 0.142. The number of hydrogen-bond acceptors (Lipinski definition) is 13. The van der Waals surface area contributed by atoms with Crippen molar-refractivity contribution in [2.75, 3.05) is 31.3 Å². The number of imidazole rings is 1. The molecule has 0 aliphatic carbocycles. The third-order valence-corrected chi connectivity index (χ3v) is 9.29. The van der Waals surface area contributed by atoms with Crippen molar-refractivity contribution >= 4 is 44.4 Å². The molecule has 1 aromatic carbocycles. The molecule has 0 bridgehead atoms. The number of anilines is 1. The average molecular weight is 657 g/mol. The number of phosphoric acid groups is 1. The number of amides is 2. The monoisotopic (exact) mass is 657 g/mol. The number of rotatable bonds is 13. The highest BCUT2D eigenvalue weighted by Gasteiger charge is 2.54. The molecular weight excluding hydrogens is 628 g/mol. The molecule has 3 aromatic rings. The van der Waals surface area contributed by atoms with Crippen LogP contribution < -0.4 is 16.0 Å². The third-order valence-electron chi connectivity index (χ3n) is 6.34. The van der Waals surface area contributed by atoms with Crippen molar-refractivity contribution in [3.05, 3.63) is 48.5 Å². The summed E-state index contributed by atoms with van der Waals surface area (Å²) in [5.41, 5.74) is 1.22. The van der Waals surface area contributed by atoms with Gasteiger partial charge in [-0.3, -0.25) is 29.1 Å². The molecule has 2 amide bonds. The second kappa shape index (κ2) is 13.3. The van der Waals surface area contributed by atoms with Crippen LogP contribution in [0, 0.1) is 0 Å². The number of phosphoric ester groups is 1. The molecule has 5 rings (SSSR count). The molecule has 19 nitrogen and oxygen atoms in total. The molecule has 2 unspecified atom stereocenters. The summed E-state index contributed by atoms with van der Waals surface area (Å²) in [6.45, 7) is 0.834. The van der Waals surface area contributed by atoms with E-state index in [4.69, 9.17) is 23.8 Å². The van der Waals surface area contributed by atoms with E-state index in [0.29, 0.717) is 12.1 Å². The number of urea groups is 1. The summed E-state index contributed by atoms with van der Waals surface area (Å²) in [6.07, 6.45) is -2.82. The second-order valence-electron chi connectivity index (χ2n) is 9.50. The van der Waals surface area contributed by atoms with Gasteiger partial charge in [0.15, 0.2) is 29.5 Å². The zero-order valence-corrected chi connectivity index (χ0v) is 24.7. The second-order valence-corrected chi connectivity index (χ2v) is 12.9. The summed E-state index contributed by atoms with van der Waals surface area (Å²) < 4.78 is 54.2. The number of aliphatic carboxylic acids is 1. The van der Waals surface area contributed by atoms with Crippen molar-refractivity contribution < 1.29 is 56.7 Å². The lowest BCUT2D eigenvalue weighted by Crippen LogP contribution is -2.31. The molecule has 44 heavy (non-hydrogen) atoms. The van der Waals surface area contributed by atoms with Crippen LogP contribution >= 0.6 is 15.4 Å². The standard InChI is InChI=1S/C23H29N7O12P2/c1-2-25-23(33)29-19-16-20(27-10-26-19)30(11-28-16)21-18-17(40-22(41-18)13-6-4-3-5-7-13)14(39-21)9-38-44(36,37)42-43(34,35)12-24-8-15(31)32/h3-7,10-11,14,17-18,21-22,24H,2,8-9,12H2,1H3,(H,31,32)(H,34,35)(H,36,37)(H2,25,26,27,29,33)/t14-,17+,18+,21-,22+/m1/s1. The van der Waals surface area contributed by atoms with Crippen LogP contribution in [0.25, 0.3) is 11.2 Å². The van der Waals surface area contributed by atoms with E-state index in [1.807, 2.05) is 6.07 Å². The Bertz CT molecular complexity index is 1590. The van der Waals surface area contributed by atoms with Crippen LogP contribution in [0.5, 0.6) is 0 Å². The number of carboxylic acid groups (broad SMARTS) is 1. The van der Waals surface area contributed by atoms with Crippen LogP contribution in [0.1, 0.15) is 25.0 Å². The molecule has 4 heterocycles. The molecule has 238 valence electrons. The van der Waals surface area contributed by atoms with Gasteiger partial charge < -0.3 is 34.4 Å². The van der Waals surface area contributed by atoms with Gasteiger partial charge in [-0.2, -0.15) is 0 Å². The predicted molar refractivity (Wildman–Crippen MR) is 148 cm³/mol. The summed E-state index contributed by atoms with van der Waals surface area (Å²) in [6, 6.07) is 8.51. The van der Waals surface area contributed by atoms with Gasteiger partial charge in [-0.05, 0) is 6.92 Å². The van der Waals surface area contributed by atoms with E-state index >= 15 is 0 Å². The molecule has 0 spiro atoms. The van der Waals surface area contributed by atoms with Crippen molar-refractivity contribution in [1.29, 1.82) is 0 Å². The summed E-state index contributed by atoms with van der Waals surface area (Å²) >= 11 is 0. The first-order valence-corrected chi connectivity index (χ1v) is 16.4. The minimum absolute atomic E-state index is 0.143. The van der Waals surface area contributed by atoms with E-state index < -0.39 is 77.7 Å². The molecule has 2 aliphatic heterocycles. The molecular formula is C23H29N7O12P2. The van der Waals surface area contributed by atoms with Crippen molar-refractivity contribution in [1.82, 2.24) is 30.2 Å². The Morgan fingerprint density at radius 1 is 1.07 bits per heavy atom. The Morgan fingerprint density at radius 3 is 2.55 bits per heavy atom. The lowest BCUT2D eigenvalue weighted by molar-refractivity contribution is -0.152. The number of nitrogens with one attached hydrogen (secondary N) is 3. The first kappa shape index (κ1) is 32.1. The number of carbonyl (C=O) groups is 2. The van der Waals surface area contributed by atoms with Crippen molar-refractivity contribution in [2.24, 2.45) is 0 Å². The maximum absolute atomic E-state index is 12.6. The van der Waals surface area contributed by atoms with Crippen molar-refractivity contribution in [2.45, 2.75) is 37.8 Å². The smallest absolute Gasteiger partial charge is 0.479 e. The van der Waals surface area contributed by atoms with E-state index in [9.17, 15) is 28.5 Å². The SMILES string of the molecule is CCNC(=O)Nc1ncnc2c1ncn2[C@@H]1O[C@H](COP(=O)(O)OP(=O)(O)CNCC(=O)O)[C@@H]2O[C@H](c3ccccc3)O[C@@H]21. The van der Waals surface area contributed by atoms with E-state index in [1.54, 1.807) is 31.2 Å². The van der Waals surface area contributed by atoms with Crippen molar-refractivity contribution in [3.8, 4) is 0 Å². The Labute approximate surface area is 249 Å². The van der Waals surface area contributed by atoms with E-state index in [2.05, 4.69) is 35.2 Å². The van der Waals surface area contributed by atoms with E-state index in [-0.39, 0.29) is 17.0 Å². The number of hydrogen-bond donors (Lipinski definition) is 6. The van der Waals surface area contributed by atoms with Crippen LogP contribution in [0.3, 0.4) is 0 Å². The maximum atomic E-state index is 12.6. The van der Waals surface area contributed by atoms with Crippen LogP contribution in [-0.4, -0.2) is 90.7 Å². The zero-order chi connectivity index (χ0) is 31.5. The minimum atomic E-state index is -5.15. The molecule has 6 N–H and O–H groups in total. The molecule has 2 aliphatic rings. The normalized spacial score (nSPS) is 25.7. The summed E-state index contributed by atoms with van der Waals surface area (Å²) in [7, 11) is -9.92. The Morgan fingerprint density at radius 2 is 1.82 bits per heavy atom. The maximum Gasteiger partial charge on any atom is 0.479 e. The van der Waals surface area contributed by atoms with Crippen LogP contribution in [0.4, 0.5) is 10.6 Å². The summed E-state index contributed by atoms with van der Waals surface area (Å²) in [5, 5.41) is 16.0. The number of benzene rings is 1. The topological polar surface area (TPSA) is 255 Å². The molecule has 2 saturated heterocycles. The molecule has 0 saturated carbocycles. The largest absolute Gasteiger partial charge is 0.480 e. The van der Waals surface area contributed by atoms with Gasteiger partial charge >= 0.3 is 27.4 Å². The molecule has 2 fully saturated rings. The van der Waals surface area contributed by atoms with Gasteiger partial charge in [0.2, 0.25) is 0 Å². The number of carbonyl (C=O) groups excluding carboxylic acids is 1. The minimum Gasteiger partial charge on any atom is -0.480 e. The average Bonchev–Trinajstić information content (AvgIpc) is 3.66. The lowest BCUT2D eigenvalue weighted by atomic mass is 10.1. The third kappa shape index (κ3) is 7.47. The first-order chi connectivity index (χ1) is 21.0. The fourth-order valence-electron chi connectivity index (χ4n) is 4.59. The van der Waals surface area contributed by atoms with Crippen molar-refractivity contribution in [3.63, 3.8) is 0 Å². The number of aromatic nitrogens is 4. The van der Waals surface area contributed by atoms with Crippen LogP contribution in [0.2, 0.25) is 0 Å². The number of nitrogens with zero attached hydrogens (tertiary/aromatic N) is 4. The van der Waals surface area contributed by atoms with Gasteiger partial charge in [0.25, 0.3) is 0 Å². The van der Waals surface area contributed by atoms with Gasteiger partial charge in [0.05, 0.1) is 25.8 Å². The highest BCUT2D eigenvalue weighted by Crippen LogP contribution is 2.59. The predicted octanol–water partition coefficient (Wildman–Crippen LogP) is 1.30. The molecule has 0 radical (unpaired) electrons. The Kier molecular flexibility index (Phi) is 9.71. The first-order valence-electron chi connectivity index (χ1n) is 13.1. The van der Waals surface area contributed by atoms with Gasteiger partial charge in [0.1, 0.15) is 24.6 Å². The molecule has 7 atom stereocenters. The number of ether oxygens (including phenoxy) is 3. The number of fused-ring (bicyclic) bond motifs is 2.